The Balaban J connectivity index is 1.92. The van der Waals surface area contributed by atoms with E-state index in [4.69, 9.17) is 0 Å². The van der Waals surface area contributed by atoms with Crippen LogP contribution in [0.4, 0.5) is 5.82 Å². The monoisotopic (exact) mass is 209 g/mol. The number of aromatic nitrogens is 2. The van der Waals surface area contributed by atoms with Gasteiger partial charge in [-0.25, -0.2) is 5.43 Å². The van der Waals surface area contributed by atoms with Crippen LogP contribution in [0.1, 0.15) is 29.8 Å². The summed E-state index contributed by atoms with van der Waals surface area (Å²) >= 11 is 0. The van der Waals surface area contributed by atoms with Crippen molar-refractivity contribution in [2.45, 2.75) is 25.3 Å². The number of nitrogens with one attached hydrogen (secondary N) is 4. The van der Waals surface area contributed by atoms with Crippen molar-refractivity contribution in [1.82, 2.24) is 20.9 Å². The van der Waals surface area contributed by atoms with E-state index in [-0.39, 0.29) is 5.91 Å². The molecule has 0 spiro atoms. The minimum absolute atomic E-state index is 0.0867. The van der Waals surface area contributed by atoms with Crippen molar-refractivity contribution >= 4 is 11.7 Å². The van der Waals surface area contributed by atoms with Crippen molar-refractivity contribution in [2.24, 2.45) is 0 Å². The molecule has 1 aliphatic rings. The Morgan fingerprint density at radius 2 is 2.40 bits per heavy atom. The van der Waals surface area contributed by atoms with Gasteiger partial charge in [0.05, 0.1) is 0 Å². The fourth-order valence-electron chi connectivity index (χ4n) is 1.45. The van der Waals surface area contributed by atoms with Gasteiger partial charge in [-0.15, -0.1) is 0 Å². The Morgan fingerprint density at radius 3 is 3.00 bits per heavy atom. The van der Waals surface area contributed by atoms with Crippen LogP contribution >= 0.6 is 0 Å². The molecule has 82 valence electrons. The number of amides is 1. The molecule has 1 aliphatic carbocycles. The van der Waals surface area contributed by atoms with Crippen molar-refractivity contribution in [2.75, 3.05) is 12.5 Å². The molecule has 1 saturated carbocycles. The molecule has 6 nitrogen and oxygen atoms in total. The molecule has 0 unspecified atom stereocenters. The number of carbonyl (C=O) groups excluding carboxylic acids is 1. The fourth-order valence-corrected chi connectivity index (χ4v) is 1.45. The number of H-pyrrole nitrogens is 1. The second kappa shape index (κ2) is 4.31. The topological polar surface area (TPSA) is 81.8 Å². The zero-order valence-corrected chi connectivity index (χ0v) is 8.63. The van der Waals surface area contributed by atoms with Gasteiger partial charge in [-0.2, -0.15) is 5.10 Å². The van der Waals surface area contributed by atoms with Crippen molar-refractivity contribution in [1.29, 1.82) is 0 Å². The molecule has 0 aliphatic heterocycles. The van der Waals surface area contributed by atoms with Crippen LogP contribution < -0.4 is 16.2 Å². The number of hydrogen-bond acceptors (Lipinski definition) is 4. The summed E-state index contributed by atoms with van der Waals surface area (Å²) in [6.45, 7) is 0. The van der Waals surface area contributed by atoms with Gasteiger partial charge in [0.25, 0.3) is 5.91 Å². The Morgan fingerprint density at radius 1 is 1.60 bits per heavy atom. The molecule has 6 heteroatoms. The highest BCUT2D eigenvalue weighted by Gasteiger charge is 2.20. The van der Waals surface area contributed by atoms with Crippen LogP contribution in [0.5, 0.6) is 0 Å². The number of carbonyl (C=O) groups is 1. The lowest BCUT2D eigenvalue weighted by Gasteiger charge is -2.25. The molecule has 1 aromatic rings. The van der Waals surface area contributed by atoms with Gasteiger partial charge in [0, 0.05) is 19.2 Å². The maximum Gasteiger partial charge on any atom is 0.269 e. The first-order chi connectivity index (χ1) is 7.29. The quantitative estimate of drug-likeness (QED) is 0.535. The van der Waals surface area contributed by atoms with Crippen LogP contribution in [-0.2, 0) is 0 Å². The number of nitrogens with zero attached hydrogens (tertiary/aromatic N) is 1. The molecule has 0 bridgehead atoms. The van der Waals surface area contributed by atoms with E-state index >= 15 is 0 Å². The van der Waals surface area contributed by atoms with Gasteiger partial charge in [0.2, 0.25) is 0 Å². The van der Waals surface area contributed by atoms with Gasteiger partial charge >= 0.3 is 0 Å². The molecule has 1 heterocycles. The Kier molecular flexibility index (Phi) is 2.86. The van der Waals surface area contributed by atoms with E-state index in [1.807, 2.05) is 0 Å². The second-order valence-corrected chi connectivity index (χ2v) is 3.64. The summed E-state index contributed by atoms with van der Waals surface area (Å²) in [5.74, 6) is 0.521. The number of hydrazine groups is 1. The van der Waals surface area contributed by atoms with E-state index in [0.29, 0.717) is 17.6 Å². The molecule has 1 aromatic heterocycles. The van der Waals surface area contributed by atoms with Gasteiger partial charge in [0.15, 0.2) is 5.82 Å². The van der Waals surface area contributed by atoms with Gasteiger partial charge < -0.3 is 10.7 Å². The molecule has 1 amide bonds. The summed E-state index contributed by atoms with van der Waals surface area (Å²) in [5.41, 5.74) is 6.01. The van der Waals surface area contributed by atoms with E-state index in [9.17, 15) is 4.79 Å². The van der Waals surface area contributed by atoms with E-state index in [1.54, 1.807) is 13.1 Å². The predicted molar refractivity (Wildman–Crippen MR) is 56.4 cm³/mol. The van der Waals surface area contributed by atoms with Gasteiger partial charge in [-0.1, -0.05) is 0 Å². The lowest BCUT2D eigenvalue weighted by Crippen LogP contribution is -2.39. The fraction of sp³-hybridized carbons (Fsp3) is 0.556. The van der Waals surface area contributed by atoms with Crippen LogP contribution in [0.2, 0.25) is 0 Å². The molecule has 2 rings (SSSR count). The first-order valence-corrected chi connectivity index (χ1v) is 5.08. The standard InChI is InChI=1S/C9H15N5O/c1-10-13-8-5-7(12-14-8)9(15)11-6-3-2-4-6/h5-6,10H,2-4H2,1H3,(H,11,15)(H2,12,13,14). The third kappa shape index (κ3) is 2.27. The highest BCUT2D eigenvalue weighted by atomic mass is 16.2. The highest BCUT2D eigenvalue weighted by molar-refractivity contribution is 5.93. The molecule has 15 heavy (non-hydrogen) atoms. The van der Waals surface area contributed by atoms with E-state index in [0.717, 1.165) is 12.8 Å². The normalized spacial score (nSPS) is 15.8. The Labute approximate surface area is 87.8 Å². The minimum atomic E-state index is -0.0867. The Bertz CT molecular complexity index is 344. The smallest absolute Gasteiger partial charge is 0.269 e. The maximum absolute atomic E-state index is 11.6. The molecule has 1 fully saturated rings. The number of aromatic amines is 1. The second-order valence-electron chi connectivity index (χ2n) is 3.64. The molecule has 0 aromatic carbocycles. The average molecular weight is 209 g/mol. The van der Waals surface area contributed by atoms with Crippen LogP contribution in [0, 0.1) is 0 Å². The summed E-state index contributed by atoms with van der Waals surface area (Å²) < 4.78 is 0. The largest absolute Gasteiger partial charge is 0.348 e. The molecule has 0 radical (unpaired) electrons. The lowest BCUT2D eigenvalue weighted by molar-refractivity contribution is 0.0912. The van der Waals surface area contributed by atoms with E-state index < -0.39 is 0 Å². The van der Waals surface area contributed by atoms with Crippen LogP contribution in [-0.4, -0.2) is 29.2 Å². The summed E-state index contributed by atoms with van der Waals surface area (Å²) in [6.07, 6.45) is 3.38. The summed E-state index contributed by atoms with van der Waals surface area (Å²) in [7, 11) is 1.74. The maximum atomic E-state index is 11.6. The minimum Gasteiger partial charge on any atom is -0.348 e. The van der Waals surface area contributed by atoms with E-state index in [1.165, 1.54) is 6.42 Å². The third-order valence-electron chi connectivity index (χ3n) is 2.52. The molecular formula is C9H15N5O. The van der Waals surface area contributed by atoms with Crippen LogP contribution in [0.15, 0.2) is 6.07 Å². The molecular weight excluding hydrogens is 194 g/mol. The molecule has 0 saturated heterocycles. The summed E-state index contributed by atoms with van der Waals surface area (Å²) in [4.78, 5) is 11.6. The van der Waals surface area contributed by atoms with Gasteiger partial charge in [-0.05, 0) is 19.3 Å². The lowest BCUT2D eigenvalue weighted by atomic mass is 9.93. The SMILES string of the molecule is CNNc1cc(C(=O)NC2CCC2)[nH]n1. The summed E-state index contributed by atoms with van der Waals surface area (Å²) in [6, 6.07) is 2.02. The first kappa shape index (κ1) is 9.97. The number of hydrogen-bond donors (Lipinski definition) is 4. The van der Waals surface area contributed by atoms with Crippen LogP contribution in [0.25, 0.3) is 0 Å². The number of rotatable bonds is 4. The van der Waals surface area contributed by atoms with Crippen molar-refractivity contribution in [3.05, 3.63) is 11.8 Å². The van der Waals surface area contributed by atoms with Crippen molar-refractivity contribution in [3.63, 3.8) is 0 Å². The number of anilines is 1. The van der Waals surface area contributed by atoms with Gasteiger partial charge in [0.1, 0.15) is 5.69 Å². The molecule has 0 atom stereocenters. The first-order valence-electron chi connectivity index (χ1n) is 5.08. The van der Waals surface area contributed by atoms with Crippen molar-refractivity contribution in [3.8, 4) is 0 Å². The van der Waals surface area contributed by atoms with Crippen LogP contribution in [0.3, 0.4) is 0 Å². The van der Waals surface area contributed by atoms with Gasteiger partial charge in [-0.3, -0.25) is 9.89 Å². The van der Waals surface area contributed by atoms with Crippen molar-refractivity contribution < 1.29 is 4.79 Å². The predicted octanol–water partition coefficient (Wildman–Crippen LogP) is 0.238. The van der Waals surface area contributed by atoms with E-state index in [2.05, 4.69) is 26.4 Å². The zero-order valence-electron chi connectivity index (χ0n) is 8.63. The zero-order chi connectivity index (χ0) is 10.7. The highest BCUT2D eigenvalue weighted by Crippen LogP contribution is 2.18. The summed E-state index contributed by atoms with van der Waals surface area (Å²) in [5, 5.41) is 9.53. The molecule has 4 N–H and O–H groups in total. The third-order valence-corrected chi connectivity index (χ3v) is 2.52. The Hall–Kier alpha value is -1.56. The average Bonchev–Trinajstić information content (AvgIpc) is 2.60.